The molecule has 4 rings (SSSR count). The van der Waals surface area contributed by atoms with Crippen LogP contribution in [-0.2, 0) is 14.3 Å². The van der Waals surface area contributed by atoms with Crippen molar-refractivity contribution in [2.45, 2.75) is 51.0 Å². The van der Waals surface area contributed by atoms with Crippen molar-refractivity contribution >= 4 is 18.0 Å². The van der Waals surface area contributed by atoms with Gasteiger partial charge >= 0.3 is 12.1 Å². The molecule has 7 nitrogen and oxygen atoms in total. The second-order valence-corrected chi connectivity index (χ2v) is 9.32. The molecule has 1 unspecified atom stereocenters. The van der Waals surface area contributed by atoms with E-state index in [1.54, 1.807) is 0 Å². The van der Waals surface area contributed by atoms with E-state index in [1.807, 2.05) is 24.3 Å². The Balaban J connectivity index is 1.36. The zero-order valence-corrected chi connectivity index (χ0v) is 20.0. The standard InChI is InChI=1S/C28H32N2O5/c1-18(27(32)33)14-15-29-26(31)16-25(19-8-2-3-9-19)30-28(34)35-17-24-22-12-6-4-10-20(22)21-11-5-7-13-23(21)24/h4-7,10-14,19,24-25H,2-3,8-9,15-17H2,1H3,(H,29,31)(H,30,34)(H,32,33)/b18-14+. The minimum atomic E-state index is -1.01. The molecule has 1 fully saturated rings. The van der Waals surface area contributed by atoms with Crippen LogP contribution < -0.4 is 10.6 Å². The number of ether oxygens (including phenoxy) is 1. The third-order valence-electron chi connectivity index (χ3n) is 7.07. The lowest BCUT2D eigenvalue weighted by Crippen LogP contribution is -2.43. The van der Waals surface area contributed by atoms with Gasteiger partial charge in [0.1, 0.15) is 6.61 Å². The summed E-state index contributed by atoms with van der Waals surface area (Å²) in [5.74, 6) is -1.04. The van der Waals surface area contributed by atoms with Gasteiger partial charge in [-0.15, -0.1) is 0 Å². The van der Waals surface area contributed by atoms with Crippen molar-refractivity contribution in [1.29, 1.82) is 0 Å². The van der Waals surface area contributed by atoms with Gasteiger partial charge in [-0.1, -0.05) is 67.4 Å². The maximum atomic E-state index is 12.8. The first-order valence-electron chi connectivity index (χ1n) is 12.2. The van der Waals surface area contributed by atoms with E-state index in [-0.39, 0.29) is 48.9 Å². The van der Waals surface area contributed by atoms with Crippen LogP contribution in [-0.4, -0.2) is 42.3 Å². The quantitative estimate of drug-likeness (QED) is 0.458. The Morgan fingerprint density at radius 3 is 2.23 bits per heavy atom. The summed E-state index contributed by atoms with van der Waals surface area (Å²) >= 11 is 0. The average Bonchev–Trinajstić information content (AvgIpc) is 3.49. The van der Waals surface area contributed by atoms with Crippen LogP contribution in [0.25, 0.3) is 11.1 Å². The van der Waals surface area contributed by atoms with Crippen LogP contribution in [0.2, 0.25) is 0 Å². The van der Waals surface area contributed by atoms with Gasteiger partial charge in [-0.25, -0.2) is 9.59 Å². The molecule has 2 aromatic carbocycles. The molecule has 35 heavy (non-hydrogen) atoms. The Morgan fingerprint density at radius 1 is 1.03 bits per heavy atom. The number of carbonyl (C=O) groups excluding carboxylic acids is 2. The second kappa shape index (κ2) is 11.2. The van der Waals surface area contributed by atoms with Gasteiger partial charge in [0.25, 0.3) is 0 Å². The first-order valence-corrected chi connectivity index (χ1v) is 12.2. The predicted octanol–water partition coefficient (Wildman–Crippen LogP) is 4.62. The minimum Gasteiger partial charge on any atom is -0.478 e. The first-order chi connectivity index (χ1) is 16.9. The smallest absolute Gasteiger partial charge is 0.407 e. The van der Waals surface area contributed by atoms with Crippen LogP contribution in [0.1, 0.15) is 56.1 Å². The largest absolute Gasteiger partial charge is 0.478 e. The highest BCUT2D eigenvalue weighted by atomic mass is 16.5. The van der Waals surface area contributed by atoms with Crippen molar-refractivity contribution in [2.75, 3.05) is 13.2 Å². The number of carboxylic acids is 1. The molecule has 2 aliphatic rings. The Hall–Kier alpha value is -3.61. The number of carboxylic acid groups (broad SMARTS) is 1. The van der Waals surface area contributed by atoms with Crippen LogP contribution >= 0.6 is 0 Å². The third kappa shape index (κ3) is 5.91. The van der Waals surface area contributed by atoms with Crippen molar-refractivity contribution in [3.63, 3.8) is 0 Å². The molecule has 1 atom stereocenters. The number of benzene rings is 2. The van der Waals surface area contributed by atoms with E-state index in [2.05, 4.69) is 34.9 Å². The average molecular weight is 477 g/mol. The van der Waals surface area contributed by atoms with Crippen LogP contribution in [0.3, 0.4) is 0 Å². The van der Waals surface area contributed by atoms with E-state index >= 15 is 0 Å². The number of rotatable bonds is 9. The van der Waals surface area contributed by atoms with E-state index in [1.165, 1.54) is 24.1 Å². The summed E-state index contributed by atoms with van der Waals surface area (Å²) in [5.41, 5.74) is 4.82. The number of carbonyl (C=O) groups is 3. The molecule has 0 spiro atoms. The Morgan fingerprint density at radius 2 is 1.63 bits per heavy atom. The van der Waals surface area contributed by atoms with Gasteiger partial charge in [0.2, 0.25) is 5.91 Å². The fourth-order valence-electron chi connectivity index (χ4n) is 5.16. The second-order valence-electron chi connectivity index (χ2n) is 9.32. The summed E-state index contributed by atoms with van der Waals surface area (Å²) in [6, 6.07) is 16.0. The summed E-state index contributed by atoms with van der Waals surface area (Å²) in [6.45, 7) is 1.84. The Labute approximate surface area is 205 Å². The molecular weight excluding hydrogens is 444 g/mol. The first kappa shape index (κ1) is 24.5. The summed E-state index contributed by atoms with van der Waals surface area (Å²) < 4.78 is 5.69. The molecular formula is C28H32N2O5. The monoisotopic (exact) mass is 476 g/mol. The lowest BCUT2D eigenvalue weighted by atomic mass is 9.95. The van der Waals surface area contributed by atoms with Crippen molar-refractivity contribution in [2.24, 2.45) is 5.92 Å². The molecule has 0 radical (unpaired) electrons. The maximum Gasteiger partial charge on any atom is 0.407 e. The topological polar surface area (TPSA) is 105 Å². The summed E-state index contributed by atoms with van der Waals surface area (Å²) in [6.07, 6.45) is 5.15. The van der Waals surface area contributed by atoms with Gasteiger partial charge in [-0.3, -0.25) is 4.79 Å². The molecule has 0 aliphatic heterocycles. The zero-order valence-electron chi connectivity index (χ0n) is 20.0. The van der Waals surface area contributed by atoms with Gasteiger partial charge in [-0.2, -0.15) is 0 Å². The van der Waals surface area contributed by atoms with Crippen LogP contribution in [0.5, 0.6) is 0 Å². The minimum absolute atomic E-state index is 0.0226. The molecule has 2 aliphatic carbocycles. The van der Waals surface area contributed by atoms with E-state index < -0.39 is 12.1 Å². The van der Waals surface area contributed by atoms with Gasteiger partial charge in [0.15, 0.2) is 0 Å². The fraction of sp³-hybridized carbons (Fsp3) is 0.393. The van der Waals surface area contributed by atoms with E-state index in [4.69, 9.17) is 9.84 Å². The number of fused-ring (bicyclic) bond motifs is 3. The number of aliphatic carboxylic acids is 1. The van der Waals surface area contributed by atoms with Crippen molar-refractivity contribution in [3.8, 4) is 11.1 Å². The normalized spacial score (nSPS) is 16.3. The molecule has 2 aromatic rings. The highest BCUT2D eigenvalue weighted by Crippen LogP contribution is 2.44. The summed E-state index contributed by atoms with van der Waals surface area (Å²) in [7, 11) is 0. The van der Waals surface area contributed by atoms with Crippen LogP contribution in [0.4, 0.5) is 4.79 Å². The van der Waals surface area contributed by atoms with Gasteiger partial charge in [0.05, 0.1) is 0 Å². The number of hydrogen-bond acceptors (Lipinski definition) is 4. The highest BCUT2D eigenvalue weighted by molar-refractivity contribution is 5.86. The molecule has 0 heterocycles. The molecule has 3 N–H and O–H groups in total. The van der Waals surface area contributed by atoms with Crippen molar-refractivity contribution in [3.05, 3.63) is 71.3 Å². The molecule has 0 aromatic heterocycles. The Kier molecular flexibility index (Phi) is 7.85. The number of amides is 2. The molecule has 7 heteroatoms. The maximum absolute atomic E-state index is 12.8. The Bertz CT molecular complexity index is 1070. The lowest BCUT2D eigenvalue weighted by Gasteiger charge is -2.24. The fourth-order valence-corrected chi connectivity index (χ4v) is 5.16. The number of hydrogen-bond donors (Lipinski definition) is 3. The molecule has 0 bridgehead atoms. The van der Waals surface area contributed by atoms with E-state index in [0.717, 1.165) is 36.8 Å². The number of nitrogens with one attached hydrogen (secondary N) is 2. The predicted molar refractivity (Wildman–Crippen MR) is 133 cm³/mol. The van der Waals surface area contributed by atoms with Crippen molar-refractivity contribution in [1.82, 2.24) is 10.6 Å². The summed E-state index contributed by atoms with van der Waals surface area (Å²) in [5, 5.41) is 14.6. The number of alkyl carbamates (subject to hydrolysis) is 1. The van der Waals surface area contributed by atoms with Gasteiger partial charge in [0, 0.05) is 30.5 Å². The van der Waals surface area contributed by atoms with E-state index in [9.17, 15) is 14.4 Å². The van der Waals surface area contributed by atoms with Gasteiger partial charge in [-0.05, 0) is 47.9 Å². The molecule has 2 amide bonds. The summed E-state index contributed by atoms with van der Waals surface area (Å²) in [4.78, 5) is 36.2. The van der Waals surface area contributed by atoms with Crippen LogP contribution in [0.15, 0.2) is 60.2 Å². The molecule has 0 saturated heterocycles. The van der Waals surface area contributed by atoms with Crippen LogP contribution in [0, 0.1) is 5.92 Å². The molecule has 184 valence electrons. The zero-order chi connectivity index (χ0) is 24.8. The molecule has 1 saturated carbocycles. The lowest BCUT2D eigenvalue weighted by molar-refractivity contribution is -0.132. The van der Waals surface area contributed by atoms with E-state index in [0.29, 0.717) is 0 Å². The SMILES string of the molecule is C/C(=C\CNC(=O)CC(NC(=O)OCC1c2ccccc2-c2ccccc21)C1CCCC1)C(=O)O. The highest BCUT2D eigenvalue weighted by Gasteiger charge is 2.31. The third-order valence-corrected chi connectivity index (χ3v) is 7.07. The van der Waals surface area contributed by atoms with Gasteiger partial charge < -0.3 is 20.5 Å². The van der Waals surface area contributed by atoms with Crippen molar-refractivity contribution < 1.29 is 24.2 Å².